The van der Waals surface area contributed by atoms with Crippen LogP contribution < -0.4 is 5.32 Å². The van der Waals surface area contributed by atoms with Gasteiger partial charge < -0.3 is 9.88 Å². The van der Waals surface area contributed by atoms with Crippen molar-refractivity contribution < 1.29 is 4.39 Å². The Bertz CT molecular complexity index is 576. The molecule has 2 aromatic rings. The van der Waals surface area contributed by atoms with Gasteiger partial charge in [0.25, 0.3) is 0 Å². The molecule has 1 aromatic carbocycles. The van der Waals surface area contributed by atoms with Crippen LogP contribution in [0.5, 0.6) is 0 Å². The fraction of sp³-hybridized carbons (Fsp3) is 0.438. The van der Waals surface area contributed by atoms with E-state index in [1.165, 1.54) is 0 Å². The van der Waals surface area contributed by atoms with Gasteiger partial charge in [0.05, 0.1) is 11.3 Å². The van der Waals surface area contributed by atoms with E-state index in [2.05, 4.69) is 31.1 Å². The molecule has 21 heavy (non-hydrogen) atoms. The summed E-state index contributed by atoms with van der Waals surface area (Å²) in [4.78, 5) is 4.06. The van der Waals surface area contributed by atoms with Gasteiger partial charge in [-0.25, -0.2) is 9.37 Å². The highest BCUT2D eigenvalue weighted by molar-refractivity contribution is 6.30. The lowest BCUT2D eigenvalue weighted by Crippen LogP contribution is -2.43. The van der Waals surface area contributed by atoms with Crippen LogP contribution in [-0.4, -0.2) is 15.6 Å². The molecule has 1 N–H and O–H groups in total. The molecule has 114 valence electrons. The minimum atomic E-state index is -0.345. The SMILES string of the molecule is CC(C)(C)C(Cn1ccnc1)NCc1cccc(Cl)c1F. The lowest BCUT2D eigenvalue weighted by molar-refractivity contribution is 0.239. The summed E-state index contributed by atoms with van der Waals surface area (Å²) >= 11 is 5.82. The highest BCUT2D eigenvalue weighted by atomic mass is 35.5. The normalized spacial score (nSPS) is 13.4. The first-order chi connectivity index (χ1) is 9.88. The number of halogens is 2. The van der Waals surface area contributed by atoms with Crippen LogP contribution in [0.3, 0.4) is 0 Å². The predicted molar refractivity (Wildman–Crippen MR) is 83.7 cm³/mol. The molecule has 1 atom stereocenters. The van der Waals surface area contributed by atoms with Gasteiger partial charge in [-0.3, -0.25) is 0 Å². The molecule has 0 saturated heterocycles. The number of imidazole rings is 1. The molecule has 0 amide bonds. The fourth-order valence-corrected chi connectivity index (χ4v) is 2.36. The summed E-state index contributed by atoms with van der Waals surface area (Å²) in [6.07, 6.45) is 5.48. The first-order valence-corrected chi connectivity index (χ1v) is 7.38. The largest absolute Gasteiger partial charge is 0.336 e. The standard InChI is InChI=1S/C16H21ClFN3/c1-16(2,3)14(10-21-8-7-19-11-21)20-9-12-5-4-6-13(17)15(12)18/h4-8,11,14,20H,9-10H2,1-3H3. The zero-order chi connectivity index (χ0) is 15.5. The third kappa shape index (κ3) is 4.29. The lowest BCUT2D eigenvalue weighted by atomic mass is 9.86. The summed E-state index contributed by atoms with van der Waals surface area (Å²) in [5, 5.41) is 3.60. The number of hydrogen-bond donors (Lipinski definition) is 1. The number of benzene rings is 1. The number of aromatic nitrogens is 2. The molecule has 1 heterocycles. The second kappa shape index (κ2) is 6.58. The molecular formula is C16H21ClFN3. The molecule has 1 unspecified atom stereocenters. The van der Waals surface area contributed by atoms with Crippen LogP contribution in [0.2, 0.25) is 5.02 Å². The van der Waals surface area contributed by atoms with Crippen molar-refractivity contribution in [2.75, 3.05) is 0 Å². The van der Waals surface area contributed by atoms with Crippen molar-refractivity contribution in [2.24, 2.45) is 5.41 Å². The van der Waals surface area contributed by atoms with Gasteiger partial charge in [-0.15, -0.1) is 0 Å². The van der Waals surface area contributed by atoms with Gasteiger partial charge in [-0.2, -0.15) is 0 Å². The average molecular weight is 310 g/mol. The highest BCUT2D eigenvalue weighted by Gasteiger charge is 2.24. The number of rotatable bonds is 5. The molecule has 0 saturated carbocycles. The van der Waals surface area contributed by atoms with Gasteiger partial charge in [0.1, 0.15) is 5.82 Å². The van der Waals surface area contributed by atoms with Crippen molar-refractivity contribution in [1.29, 1.82) is 0 Å². The quantitative estimate of drug-likeness (QED) is 0.908. The van der Waals surface area contributed by atoms with Crippen LogP contribution in [0.4, 0.5) is 4.39 Å². The lowest BCUT2D eigenvalue weighted by Gasteiger charge is -2.32. The molecule has 0 bridgehead atoms. The average Bonchev–Trinajstić information content (AvgIpc) is 2.90. The summed E-state index contributed by atoms with van der Waals surface area (Å²) in [6, 6.07) is 5.27. The van der Waals surface area contributed by atoms with Crippen molar-refractivity contribution in [3.8, 4) is 0 Å². The van der Waals surface area contributed by atoms with Crippen molar-refractivity contribution in [3.05, 3.63) is 53.3 Å². The third-order valence-electron chi connectivity index (χ3n) is 3.57. The smallest absolute Gasteiger partial charge is 0.146 e. The van der Waals surface area contributed by atoms with E-state index in [1.807, 2.05) is 10.8 Å². The van der Waals surface area contributed by atoms with Crippen LogP contribution in [0.1, 0.15) is 26.3 Å². The molecule has 3 nitrogen and oxygen atoms in total. The van der Waals surface area contributed by atoms with Crippen LogP contribution in [0.25, 0.3) is 0 Å². The Labute approximate surface area is 130 Å². The van der Waals surface area contributed by atoms with Crippen LogP contribution in [0, 0.1) is 11.2 Å². The summed E-state index contributed by atoms with van der Waals surface area (Å²) in [5.41, 5.74) is 0.627. The molecule has 0 aliphatic heterocycles. The maximum absolute atomic E-state index is 13.9. The molecule has 0 spiro atoms. The topological polar surface area (TPSA) is 29.9 Å². The van der Waals surface area contributed by atoms with E-state index in [-0.39, 0.29) is 22.3 Å². The van der Waals surface area contributed by atoms with E-state index in [0.717, 1.165) is 6.54 Å². The molecule has 5 heteroatoms. The molecule has 0 aliphatic carbocycles. The van der Waals surface area contributed by atoms with E-state index >= 15 is 0 Å². The van der Waals surface area contributed by atoms with Gasteiger partial charge in [-0.05, 0) is 11.5 Å². The first kappa shape index (κ1) is 16.0. The zero-order valence-electron chi connectivity index (χ0n) is 12.6. The van der Waals surface area contributed by atoms with E-state index in [9.17, 15) is 4.39 Å². The highest BCUT2D eigenvalue weighted by Crippen LogP contribution is 2.22. The minimum Gasteiger partial charge on any atom is -0.336 e. The first-order valence-electron chi connectivity index (χ1n) is 7.00. The van der Waals surface area contributed by atoms with Crippen LogP contribution in [-0.2, 0) is 13.1 Å². The van der Waals surface area contributed by atoms with Gasteiger partial charge in [-0.1, -0.05) is 44.5 Å². The second-order valence-corrected chi connectivity index (χ2v) is 6.68. The fourth-order valence-electron chi connectivity index (χ4n) is 2.17. The second-order valence-electron chi connectivity index (χ2n) is 6.27. The van der Waals surface area contributed by atoms with Crippen molar-refractivity contribution >= 4 is 11.6 Å². The Kier molecular flexibility index (Phi) is 5.01. The maximum Gasteiger partial charge on any atom is 0.146 e. The Morgan fingerprint density at radius 1 is 1.38 bits per heavy atom. The summed E-state index contributed by atoms with van der Waals surface area (Å²) in [7, 11) is 0. The van der Waals surface area contributed by atoms with Crippen molar-refractivity contribution in [1.82, 2.24) is 14.9 Å². The van der Waals surface area contributed by atoms with Crippen LogP contribution in [0.15, 0.2) is 36.9 Å². The molecule has 0 aliphatic rings. The molecule has 2 rings (SSSR count). The Morgan fingerprint density at radius 3 is 2.76 bits per heavy atom. The molecular weight excluding hydrogens is 289 g/mol. The minimum absolute atomic E-state index is 0.0410. The van der Waals surface area contributed by atoms with Gasteiger partial charge in [0, 0.05) is 37.1 Å². The number of hydrogen-bond acceptors (Lipinski definition) is 2. The van der Waals surface area contributed by atoms with Crippen molar-refractivity contribution in [3.63, 3.8) is 0 Å². The number of nitrogens with one attached hydrogen (secondary N) is 1. The molecule has 1 aromatic heterocycles. The van der Waals surface area contributed by atoms with Gasteiger partial charge in [0.2, 0.25) is 0 Å². The zero-order valence-corrected chi connectivity index (χ0v) is 13.4. The summed E-state index contributed by atoms with van der Waals surface area (Å²) < 4.78 is 16.0. The molecule has 0 fully saturated rings. The Balaban J connectivity index is 2.07. The van der Waals surface area contributed by atoms with Crippen LogP contribution >= 0.6 is 11.6 Å². The summed E-state index contributed by atoms with van der Waals surface area (Å²) in [5.74, 6) is -0.345. The van der Waals surface area contributed by atoms with E-state index < -0.39 is 0 Å². The van der Waals surface area contributed by atoms with E-state index in [1.54, 1.807) is 30.7 Å². The Hall–Kier alpha value is -1.39. The number of nitrogens with zero attached hydrogens (tertiary/aromatic N) is 2. The van der Waals surface area contributed by atoms with Gasteiger partial charge >= 0.3 is 0 Å². The van der Waals surface area contributed by atoms with E-state index in [0.29, 0.717) is 12.1 Å². The Morgan fingerprint density at radius 2 is 2.14 bits per heavy atom. The predicted octanol–water partition coefficient (Wildman–Crippen LogP) is 3.88. The monoisotopic (exact) mass is 309 g/mol. The molecule has 0 radical (unpaired) electrons. The van der Waals surface area contributed by atoms with Gasteiger partial charge in [0.15, 0.2) is 0 Å². The van der Waals surface area contributed by atoms with E-state index in [4.69, 9.17) is 11.6 Å². The van der Waals surface area contributed by atoms with Crippen molar-refractivity contribution in [2.45, 2.75) is 39.9 Å². The maximum atomic E-state index is 13.9. The third-order valence-corrected chi connectivity index (χ3v) is 3.86. The summed E-state index contributed by atoms with van der Waals surface area (Å²) in [6.45, 7) is 7.72.